The summed E-state index contributed by atoms with van der Waals surface area (Å²) in [6.45, 7) is 4.42. The second kappa shape index (κ2) is 9.95. The molecule has 0 radical (unpaired) electrons. The molecule has 0 fully saturated rings. The van der Waals surface area contributed by atoms with Gasteiger partial charge in [0, 0.05) is 16.4 Å². The zero-order valence-electron chi connectivity index (χ0n) is 14.9. The van der Waals surface area contributed by atoms with Crippen LogP contribution >= 0.6 is 11.8 Å². The Kier molecular flexibility index (Phi) is 7.64. The third kappa shape index (κ3) is 5.87. The molecule has 26 heavy (non-hydrogen) atoms. The van der Waals surface area contributed by atoms with E-state index >= 15 is 0 Å². The first kappa shape index (κ1) is 20.0. The number of nitriles is 1. The first-order valence-electron chi connectivity index (χ1n) is 8.48. The fourth-order valence-corrected chi connectivity index (χ4v) is 3.39. The number of amides is 1. The molecule has 3 N–H and O–H groups in total. The Balaban J connectivity index is 1.99. The third-order valence-electron chi connectivity index (χ3n) is 3.98. The Morgan fingerprint density at radius 2 is 1.92 bits per heavy atom. The van der Waals surface area contributed by atoms with E-state index in [0.717, 1.165) is 10.5 Å². The molecule has 0 aliphatic rings. The van der Waals surface area contributed by atoms with Crippen molar-refractivity contribution in [3.8, 4) is 6.07 Å². The predicted octanol–water partition coefficient (Wildman–Crippen LogP) is 3.34. The van der Waals surface area contributed by atoms with E-state index in [-0.39, 0.29) is 24.3 Å². The van der Waals surface area contributed by atoms with Gasteiger partial charge in [0.2, 0.25) is 0 Å². The molecule has 0 heterocycles. The number of rotatable bonds is 8. The zero-order valence-corrected chi connectivity index (χ0v) is 15.7. The Bertz CT molecular complexity index is 771. The van der Waals surface area contributed by atoms with Crippen LogP contribution in [-0.4, -0.2) is 18.2 Å². The number of nitrogens with one attached hydrogen (secondary N) is 1. The molecular weight excluding hydrogens is 349 g/mol. The summed E-state index contributed by atoms with van der Waals surface area (Å²) in [5.41, 5.74) is 1.72. The number of benzene rings is 2. The van der Waals surface area contributed by atoms with Crippen LogP contribution in [0.4, 0.5) is 10.1 Å². The molecule has 0 bridgehead atoms. The Labute approximate surface area is 157 Å². The fraction of sp³-hybridized carbons (Fsp3) is 0.300. The standard InChI is InChI=1S/C20H22FN3OS/c1-14(2)20(15-7-9-16(21)10-8-15)23-13-19(25)24-17-5-3-4-6-18(17)26-12-11-22/h3-10,14,20,23H,12-13H2,1-2H3,(H,24,25)/p+1/t20-/m0/s1. The van der Waals surface area contributed by atoms with Gasteiger partial charge in [-0.1, -0.05) is 38.1 Å². The number of hydrogen-bond donors (Lipinski definition) is 2. The average Bonchev–Trinajstić information content (AvgIpc) is 2.62. The van der Waals surface area contributed by atoms with Gasteiger partial charge < -0.3 is 10.6 Å². The maximum Gasteiger partial charge on any atom is 0.279 e. The van der Waals surface area contributed by atoms with Crippen LogP contribution in [0.1, 0.15) is 25.5 Å². The lowest BCUT2D eigenvalue weighted by Crippen LogP contribution is -2.88. The number of carbonyl (C=O) groups is 1. The Morgan fingerprint density at radius 3 is 2.58 bits per heavy atom. The van der Waals surface area contributed by atoms with E-state index in [0.29, 0.717) is 17.4 Å². The molecule has 0 saturated heterocycles. The van der Waals surface area contributed by atoms with Gasteiger partial charge in [0.25, 0.3) is 5.91 Å². The smallest absolute Gasteiger partial charge is 0.279 e. The number of nitrogens with zero attached hydrogens (tertiary/aromatic N) is 1. The highest BCUT2D eigenvalue weighted by molar-refractivity contribution is 7.99. The molecule has 6 heteroatoms. The number of nitrogens with two attached hydrogens (primary N) is 1. The highest BCUT2D eigenvalue weighted by Crippen LogP contribution is 2.26. The van der Waals surface area contributed by atoms with Crippen molar-refractivity contribution in [1.29, 1.82) is 5.26 Å². The van der Waals surface area contributed by atoms with Crippen LogP contribution in [0.5, 0.6) is 0 Å². The van der Waals surface area contributed by atoms with E-state index in [9.17, 15) is 9.18 Å². The lowest BCUT2D eigenvalue weighted by atomic mass is 9.96. The van der Waals surface area contributed by atoms with Crippen LogP contribution in [0.15, 0.2) is 53.4 Å². The summed E-state index contributed by atoms with van der Waals surface area (Å²) in [6.07, 6.45) is 0. The molecule has 0 aliphatic heterocycles. The van der Waals surface area contributed by atoms with Gasteiger partial charge in [0.05, 0.1) is 17.5 Å². The van der Waals surface area contributed by atoms with Gasteiger partial charge >= 0.3 is 0 Å². The van der Waals surface area contributed by atoms with Gasteiger partial charge in [-0.05, 0) is 24.3 Å². The minimum Gasteiger partial charge on any atom is -0.332 e. The lowest BCUT2D eigenvalue weighted by molar-refractivity contribution is -0.692. The SMILES string of the molecule is CC(C)[C@H]([NH2+]CC(=O)Nc1ccccc1SCC#N)c1ccc(F)cc1. The number of quaternary nitrogens is 1. The van der Waals surface area contributed by atoms with Crippen molar-refractivity contribution >= 4 is 23.4 Å². The molecular formula is C20H23FN3OS+. The maximum absolute atomic E-state index is 13.1. The quantitative estimate of drug-likeness (QED) is 0.698. The van der Waals surface area contributed by atoms with Crippen LogP contribution < -0.4 is 10.6 Å². The average molecular weight is 372 g/mol. The molecule has 0 saturated carbocycles. The summed E-state index contributed by atoms with van der Waals surface area (Å²) in [7, 11) is 0. The third-order valence-corrected chi connectivity index (χ3v) is 4.92. The molecule has 136 valence electrons. The fourth-order valence-electron chi connectivity index (χ4n) is 2.72. The lowest BCUT2D eigenvalue weighted by Gasteiger charge is -2.19. The molecule has 0 unspecified atom stereocenters. The van der Waals surface area contributed by atoms with Crippen molar-refractivity contribution in [2.45, 2.75) is 24.8 Å². The van der Waals surface area contributed by atoms with E-state index in [4.69, 9.17) is 5.26 Å². The summed E-state index contributed by atoms with van der Waals surface area (Å²) in [4.78, 5) is 13.3. The van der Waals surface area contributed by atoms with E-state index in [1.807, 2.05) is 29.6 Å². The second-order valence-corrected chi connectivity index (χ2v) is 7.27. The number of para-hydroxylation sites is 1. The number of thioether (sulfide) groups is 1. The van der Waals surface area contributed by atoms with E-state index < -0.39 is 0 Å². The number of hydrogen-bond acceptors (Lipinski definition) is 3. The van der Waals surface area contributed by atoms with Crippen molar-refractivity contribution < 1.29 is 14.5 Å². The van der Waals surface area contributed by atoms with Gasteiger partial charge in [-0.2, -0.15) is 5.26 Å². The van der Waals surface area contributed by atoms with E-state index in [2.05, 4.69) is 25.2 Å². The van der Waals surface area contributed by atoms with Crippen LogP contribution in [0.25, 0.3) is 0 Å². The number of carbonyl (C=O) groups excluding carboxylic acids is 1. The molecule has 2 rings (SSSR count). The first-order valence-corrected chi connectivity index (χ1v) is 9.47. The first-order chi connectivity index (χ1) is 12.5. The number of anilines is 1. The molecule has 0 spiro atoms. The summed E-state index contributed by atoms with van der Waals surface area (Å²) in [5.74, 6) is 0.258. The normalized spacial score (nSPS) is 11.8. The molecule has 2 aromatic carbocycles. The van der Waals surface area contributed by atoms with Gasteiger partial charge in [0.15, 0.2) is 6.54 Å². The summed E-state index contributed by atoms with van der Waals surface area (Å²) < 4.78 is 13.1. The van der Waals surface area contributed by atoms with Crippen LogP contribution in [0.2, 0.25) is 0 Å². The van der Waals surface area contributed by atoms with E-state index in [1.54, 1.807) is 12.1 Å². The van der Waals surface area contributed by atoms with Crippen molar-refractivity contribution in [2.75, 3.05) is 17.6 Å². The van der Waals surface area contributed by atoms with Crippen LogP contribution in [-0.2, 0) is 4.79 Å². The van der Waals surface area contributed by atoms with Crippen LogP contribution in [0.3, 0.4) is 0 Å². The van der Waals surface area contributed by atoms with E-state index in [1.165, 1.54) is 23.9 Å². The minimum absolute atomic E-state index is 0.0737. The van der Waals surface area contributed by atoms with Gasteiger partial charge in [-0.25, -0.2) is 4.39 Å². The molecule has 1 atom stereocenters. The molecule has 4 nitrogen and oxygen atoms in total. The van der Waals surface area contributed by atoms with Crippen LogP contribution in [0, 0.1) is 23.1 Å². The summed E-state index contributed by atoms with van der Waals surface area (Å²) >= 11 is 1.39. The minimum atomic E-state index is -0.263. The van der Waals surface area contributed by atoms with Crippen molar-refractivity contribution in [1.82, 2.24) is 0 Å². The predicted molar refractivity (Wildman–Crippen MR) is 102 cm³/mol. The summed E-state index contributed by atoms with van der Waals surface area (Å²) in [5, 5.41) is 13.6. The number of halogens is 1. The Morgan fingerprint density at radius 1 is 1.23 bits per heavy atom. The van der Waals surface area contributed by atoms with Crippen molar-refractivity contribution in [3.05, 3.63) is 59.9 Å². The highest BCUT2D eigenvalue weighted by atomic mass is 32.2. The second-order valence-electron chi connectivity index (χ2n) is 6.25. The molecule has 1 amide bonds. The van der Waals surface area contributed by atoms with Gasteiger partial charge in [0.1, 0.15) is 11.9 Å². The van der Waals surface area contributed by atoms with Gasteiger partial charge in [-0.3, -0.25) is 4.79 Å². The zero-order chi connectivity index (χ0) is 18.9. The topological polar surface area (TPSA) is 69.5 Å². The molecule has 2 aromatic rings. The summed E-state index contributed by atoms with van der Waals surface area (Å²) in [6, 6.07) is 16.0. The highest BCUT2D eigenvalue weighted by Gasteiger charge is 2.20. The monoisotopic (exact) mass is 372 g/mol. The van der Waals surface area contributed by atoms with Crippen molar-refractivity contribution in [2.24, 2.45) is 5.92 Å². The Hall–Kier alpha value is -2.36. The van der Waals surface area contributed by atoms with Crippen molar-refractivity contribution in [3.63, 3.8) is 0 Å². The van der Waals surface area contributed by atoms with Gasteiger partial charge in [-0.15, -0.1) is 11.8 Å². The molecule has 0 aromatic heterocycles. The molecule has 0 aliphatic carbocycles. The maximum atomic E-state index is 13.1. The largest absolute Gasteiger partial charge is 0.332 e.